The highest BCUT2D eigenvalue weighted by molar-refractivity contribution is 5.36. The number of hydrogen-bond donors (Lipinski definition) is 0. The van der Waals surface area contributed by atoms with Crippen LogP contribution in [0.4, 0.5) is 0 Å². The molecule has 0 N–H and O–H groups in total. The third-order valence-electron chi connectivity index (χ3n) is 3.25. The van der Waals surface area contributed by atoms with E-state index in [1.165, 1.54) is 0 Å². The van der Waals surface area contributed by atoms with Gasteiger partial charge in [0, 0.05) is 0 Å². The third-order valence-corrected chi connectivity index (χ3v) is 3.25. The minimum Gasteiger partial charge on any atom is -0.497 e. The lowest BCUT2D eigenvalue weighted by Gasteiger charge is -2.11. The van der Waals surface area contributed by atoms with Crippen molar-refractivity contribution in [1.82, 2.24) is 0 Å². The summed E-state index contributed by atoms with van der Waals surface area (Å²) in [6.45, 7) is 0. The van der Waals surface area contributed by atoms with Gasteiger partial charge in [0.1, 0.15) is 11.5 Å². The number of benzene rings is 2. The van der Waals surface area contributed by atoms with Crippen molar-refractivity contribution < 1.29 is 9.47 Å². The fourth-order valence-electron chi connectivity index (χ4n) is 2.09. The van der Waals surface area contributed by atoms with E-state index >= 15 is 0 Å². The van der Waals surface area contributed by atoms with E-state index in [0.29, 0.717) is 6.42 Å². The van der Waals surface area contributed by atoms with E-state index in [0.717, 1.165) is 22.6 Å². The lowest BCUT2D eigenvalue weighted by atomic mass is 9.93. The molecule has 2 aromatic carbocycles. The van der Waals surface area contributed by atoms with Crippen molar-refractivity contribution in [2.45, 2.75) is 12.3 Å². The standard InChI is InChI=1S/C17H17NO2/c1-19-16-8-6-13(7-9-16)10-15(12-18)14-4-3-5-17(11-14)20-2/h3-9,11,15H,10H2,1-2H3. The summed E-state index contributed by atoms with van der Waals surface area (Å²) >= 11 is 0. The van der Waals surface area contributed by atoms with E-state index in [9.17, 15) is 5.26 Å². The molecule has 0 aliphatic rings. The van der Waals surface area contributed by atoms with Gasteiger partial charge in [-0.15, -0.1) is 0 Å². The van der Waals surface area contributed by atoms with Crippen molar-refractivity contribution in [3.8, 4) is 17.6 Å². The van der Waals surface area contributed by atoms with Crippen LogP contribution in [0, 0.1) is 11.3 Å². The van der Waals surface area contributed by atoms with Crippen LogP contribution in [0.3, 0.4) is 0 Å². The maximum Gasteiger partial charge on any atom is 0.119 e. The number of hydrogen-bond acceptors (Lipinski definition) is 3. The van der Waals surface area contributed by atoms with Crippen LogP contribution in [0.2, 0.25) is 0 Å². The van der Waals surface area contributed by atoms with Gasteiger partial charge in [-0.05, 0) is 41.8 Å². The van der Waals surface area contributed by atoms with Gasteiger partial charge in [-0.1, -0.05) is 24.3 Å². The van der Waals surface area contributed by atoms with Crippen LogP contribution in [0.5, 0.6) is 11.5 Å². The summed E-state index contributed by atoms with van der Waals surface area (Å²) in [4.78, 5) is 0. The first kappa shape index (κ1) is 14.0. The molecule has 0 bridgehead atoms. The Bertz CT molecular complexity index is 599. The molecule has 0 saturated heterocycles. The van der Waals surface area contributed by atoms with Crippen LogP contribution in [0.1, 0.15) is 17.0 Å². The van der Waals surface area contributed by atoms with Gasteiger partial charge >= 0.3 is 0 Å². The highest BCUT2D eigenvalue weighted by Crippen LogP contribution is 2.24. The quantitative estimate of drug-likeness (QED) is 0.832. The monoisotopic (exact) mass is 267 g/mol. The lowest BCUT2D eigenvalue weighted by Crippen LogP contribution is -2.01. The largest absolute Gasteiger partial charge is 0.497 e. The summed E-state index contributed by atoms with van der Waals surface area (Å²) in [6, 6.07) is 17.8. The van der Waals surface area contributed by atoms with Crippen molar-refractivity contribution in [3.63, 3.8) is 0 Å². The smallest absolute Gasteiger partial charge is 0.119 e. The van der Waals surface area contributed by atoms with E-state index in [-0.39, 0.29) is 5.92 Å². The van der Waals surface area contributed by atoms with Crippen molar-refractivity contribution in [1.29, 1.82) is 5.26 Å². The SMILES string of the molecule is COc1ccc(CC(C#N)c2cccc(OC)c2)cc1. The summed E-state index contributed by atoms with van der Waals surface area (Å²) in [5.74, 6) is 1.42. The van der Waals surface area contributed by atoms with Gasteiger partial charge < -0.3 is 9.47 Å². The molecule has 102 valence electrons. The first-order chi connectivity index (χ1) is 9.76. The molecule has 1 atom stereocenters. The Hall–Kier alpha value is -2.47. The van der Waals surface area contributed by atoms with Crippen molar-refractivity contribution in [2.75, 3.05) is 14.2 Å². The maximum atomic E-state index is 9.39. The zero-order chi connectivity index (χ0) is 14.4. The second kappa shape index (κ2) is 6.63. The molecule has 0 fully saturated rings. The number of ether oxygens (including phenoxy) is 2. The second-order valence-electron chi connectivity index (χ2n) is 4.51. The summed E-state index contributed by atoms with van der Waals surface area (Å²) in [6.07, 6.45) is 0.674. The zero-order valence-corrected chi connectivity index (χ0v) is 11.7. The molecular weight excluding hydrogens is 250 g/mol. The average molecular weight is 267 g/mol. The van der Waals surface area contributed by atoms with Gasteiger partial charge in [-0.2, -0.15) is 5.26 Å². The first-order valence-corrected chi connectivity index (χ1v) is 6.43. The van der Waals surface area contributed by atoms with Crippen LogP contribution in [-0.2, 0) is 6.42 Å². The van der Waals surface area contributed by atoms with E-state index in [1.807, 2.05) is 48.5 Å². The van der Waals surface area contributed by atoms with E-state index in [2.05, 4.69) is 6.07 Å². The molecule has 0 aliphatic heterocycles. The normalized spacial score (nSPS) is 11.4. The van der Waals surface area contributed by atoms with Gasteiger partial charge in [0.25, 0.3) is 0 Å². The average Bonchev–Trinajstić information content (AvgIpc) is 2.53. The Morgan fingerprint density at radius 3 is 2.30 bits per heavy atom. The second-order valence-corrected chi connectivity index (χ2v) is 4.51. The minimum atomic E-state index is -0.182. The van der Waals surface area contributed by atoms with Gasteiger partial charge in [0.2, 0.25) is 0 Å². The molecule has 1 unspecified atom stereocenters. The molecule has 0 aliphatic carbocycles. The van der Waals surface area contributed by atoms with Gasteiger partial charge in [0.05, 0.1) is 26.2 Å². The Balaban J connectivity index is 2.17. The van der Waals surface area contributed by atoms with Crippen molar-refractivity contribution >= 4 is 0 Å². The molecule has 20 heavy (non-hydrogen) atoms. The zero-order valence-electron chi connectivity index (χ0n) is 11.7. The molecule has 3 nitrogen and oxygen atoms in total. The molecule has 0 amide bonds. The number of methoxy groups -OCH3 is 2. The summed E-state index contributed by atoms with van der Waals surface area (Å²) in [5.41, 5.74) is 2.09. The molecule has 0 aromatic heterocycles. The van der Waals surface area contributed by atoms with Gasteiger partial charge in [0.15, 0.2) is 0 Å². The summed E-state index contributed by atoms with van der Waals surface area (Å²) in [7, 11) is 3.27. The van der Waals surface area contributed by atoms with Crippen LogP contribution < -0.4 is 9.47 Å². The summed E-state index contributed by atoms with van der Waals surface area (Å²) in [5, 5.41) is 9.39. The summed E-state index contributed by atoms with van der Waals surface area (Å²) < 4.78 is 10.3. The molecule has 2 aromatic rings. The third kappa shape index (κ3) is 3.30. The van der Waals surface area contributed by atoms with Crippen LogP contribution in [-0.4, -0.2) is 14.2 Å². The predicted molar refractivity (Wildman–Crippen MR) is 78.0 cm³/mol. The molecule has 2 rings (SSSR count). The van der Waals surface area contributed by atoms with E-state index in [4.69, 9.17) is 9.47 Å². The van der Waals surface area contributed by atoms with Crippen LogP contribution in [0.25, 0.3) is 0 Å². The Morgan fingerprint density at radius 2 is 1.70 bits per heavy atom. The number of nitriles is 1. The topological polar surface area (TPSA) is 42.2 Å². The Kier molecular flexibility index (Phi) is 4.62. The highest BCUT2D eigenvalue weighted by atomic mass is 16.5. The van der Waals surface area contributed by atoms with Crippen LogP contribution >= 0.6 is 0 Å². The molecule has 0 spiro atoms. The Labute approximate surface area is 119 Å². The number of rotatable bonds is 5. The number of nitrogens with zero attached hydrogens (tertiary/aromatic N) is 1. The van der Waals surface area contributed by atoms with E-state index < -0.39 is 0 Å². The molecular formula is C17H17NO2. The van der Waals surface area contributed by atoms with Gasteiger partial charge in [-0.3, -0.25) is 0 Å². The van der Waals surface area contributed by atoms with Crippen LogP contribution in [0.15, 0.2) is 48.5 Å². The molecule has 0 heterocycles. The lowest BCUT2D eigenvalue weighted by molar-refractivity contribution is 0.414. The first-order valence-electron chi connectivity index (χ1n) is 6.43. The maximum absolute atomic E-state index is 9.39. The highest BCUT2D eigenvalue weighted by Gasteiger charge is 2.12. The molecule has 0 saturated carbocycles. The molecule has 3 heteroatoms. The van der Waals surface area contributed by atoms with Crippen molar-refractivity contribution in [3.05, 3.63) is 59.7 Å². The molecule has 0 radical (unpaired) electrons. The Morgan fingerprint density at radius 1 is 1.00 bits per heavy atom. The predicted octanol–water partition coefficient (Wildman–Crippen LogP) is 3.55. The fraction of sp³-hybridized carbons (Fsp3) is 0.235. The van der Waals surface area contributed by atoms with Gasteiger partial charge in [-0.25, -0.2) is 0 Å². The van der Waals surface area contributed by atoms with E-state index in [1.54, 1.807) is 14.2 Å². The minimum absolute atomic E-state index is 0.182. The fourth-order valence-corrected chi connectivity index (χ4v) is 2.09. The van der Waals surface area contributed by atoms with Crippen molar-refractivity contribution in [2.24, 2.45) is 0 Å².